The van der Waals surface area contributed by atoms with Gasteiger partial charge in [0.2, 0.25) is 5.82 Å². The number of benzene rings is 2. The van der Waals surface area contributed by atoms with Gasteiger partial charge in [-0.05, 0) is 18.6 Å². The Morgan fingerprint density at radius 3 is 1.91 bits per heavy atom. The SMILES string of the molecule is Cc1cccc(C=Nc2c(F)c(F)c(F)c(F)c2F)c1O.[CH3-].[Ti+2]. The van der Waals surface area contributed by atoms with E-state index in [0.29, 0.717) is 5.56 Å². The third-order valence-electron chi connectivity index (χ3n) is 2.79. The van der Waals surface area contributed by atoms with Gasteiger partial charge in [0, 0.05) is 11.8 Å². The van der Waals surface area contributed by atoms with E-state index in [2.05, 4.69) is 4.99 Å². The number of hydrogen-bond acceptors (Lipinski definition) is 2. The van der Waals surface area contributed by atoms with Gasteiger partial charge >= 0.3 is 21.7 Å². The fourth-order valence-corrected chi connectivity index (χ4v) is 1.63. The Morgan fingerprint density at radius 2 is 1.39 bits per heavy atom. The van der Waals surface area contributed by atoms with Crippen LogP contribution in [0.1, 0.15) is 11.1 Å². The van der Waals surface area contributed by atoms with Gasteiger partial charge in [0.1, 0.15) is 11.4 Å². The third-order valence-corrected chi connectivity index (χ3v) is 2.79. The summed E-state index contributed by atoms with van der Waals surface area (Å²) in [5.74, 6) is -10.7. The maximum atomic E-state index is 13.4. The van der Waals surface area contributed by atoms with Gasteiger partial charge in [-0.1, -0.05) is 12.1 Å². The van der Waals surface area contributed by atoms with Gasteiger partial charge in [0.05, 0.1) is 0 Å². The van der Waals surface area contributed by atoms with Crippen molar-refractivity contribution in [3.8, 4) is 5.75 Å². The maximum absolute atomic E-state index is 13.4. The van der Waals surface area contributed by atoms with Crippen molar-refractivity contribution in [2.24, 2.45) is 4.99 Å². The summed E-state index contributed by atoms with van der Waals surface area (Å²) in [4.78, 5) is 3.26. The molecule has 0 heterocycles. The molecule has 0 aliphatic heterocycles. The first kappa shape index (κ1) is 21.3. The van der Waals surface area contributed by atoms with E-state index >= 15 is 0 Å². The van der Waals surface area contributed by atoms with Crippen molar-refractivity contribution < 1.29 is 48.8 Å². The summed E-state index contributed by atoms with van der Waals surface area (Å²) < 4.78 is 65.6. The summed E-state index contributed by atoms with van der Waals surface area (Å²) in [6, 6.07) is 4.48. The van der Waals surface area contributed by atoms with Crippen molar-refractivity contribution in [1.82, 2.24) is 0 Å². The van der Waals surface area contributed by atoms with Crippen LogP contribution < -0.4 is 0 Å². The number of aliphatic imine (C=N–C) groups is 1. The van der Waals surface area contributed by atoms with Gasteiger partial charge in [-0.2, -0.15) is 0 Å². The first-order valence-electron chi connectivity index (χ1n) is 5.68. The number of aromatic hydroxyl groups is 1. The molecule has 1 N–H and O–H groups in total. The molecule has 2 nitrogen and oxygen atoms in total. The van der Waals surface area contributed by atoms with E-state index in [1.54, 1.807) is 13.0 Å². The van der Waals surface area contributed by atoms with Crippen LogP contribution in [0.3, 0.4) is 0 Å². The van der Waals surface area contributed by atoms with Crippen LogP contribution in [0.4, 0.5) is 27.6 Å². The molecule has 0 radical (unpaired) electrons. The molecule has 2 rings (SSSR count). The topological polar surface area (TPSA) is 32.6 Å². The number of para-hydroxylation sites is 1. The number of nitrogens with zero attached hydrogens (tertiary/aromatic N) is 1. The molecule has 2 aromatic rings. The van der Waals surface area contributed by atoms with Crippen molar-refractivity contribution in [3.63, 3.8) is 0 Å². The van der Waals surface area contributed by atoms with E-state index in [1.165, 1.54) is 12.1 Å². The van der Waals surface area contributed by atoms with Crippen molar-refractivity contribution in [3.05, 3.63) is 65.8 Å². The Kier molecular flexibility index (Phi) is 7.60. The number of phenols is 1. The first-order chi connectivity index (χ1) is 9.84. The largest absolute Gasteiger partial charge is 2.00 e. The minimum Gasteiger partial charge on any atom is -0.507 e. The van der Waals surface area contributed by atoms with Crippen LogP contribution in [-0.2, 0) is 21.7 Å². The average Bonchev–Trinajstić information content (AvgIpc) is 2.47. The summed E-state index contributed by atoms with van der Waals surface area (Å²) in [5.41, 5.74) is -0.761. The molecule has 8 heteroatoms. The summed E-state index contributed by atoms with van der Waals surface area (Å²) >= 11 is 0. The maximum Gasteiger partial charge on any atom is 2.00 e. The number of halogens is 5. The Hall–Kier alpha value is -1.73. The Balaban J connectivity index is 0.00000242. The fourth-order valence-electron chi connectivity index (χ4n) is 1.63. The van der Waals surface area contributed by atoms with Gasteiger partial charge in [0.15, 0.2) is 23.3 Å². The zero-order valence-electron chi connectivity index (χ0n) is 12.1. The fraction of sp³-hybridized carbons (Fsp3) is 0.0667. The van der Waals surface area contributed by atoms with Gasteiger partial charge in [-0.15, -0.1) is 0 Å². The van der Waals surface area contributed by atoms with Gasteiger partial charge in [-0.25, -0.2) is 26.9 Å². The predicted octanol–water partition coefficient (Wildman–Crippen LogP) is 4.59. The van der Waals surface area contributed by atoms with Gasteiger partial charge < -0.3 is 12.5 Å². The molecule has 0 saturated carbocycles. The Morgan fingerprint density at radius 1 is 0.913 bits per heavy atom. The van der Waals surface area contributed by atoms with Crippen LogP contribution in [0, 0.1) is 43.4 Å². The molecule has 0 fully saturated rings. The van der Waals surface area contributed by atoms with E-state index in [0.717, 1.165) is 6.21 Å². The van der Waals surface area contributed by atoms with E-state index in [1.807, 2.05) is 0 Å². The van der Waals surface area contributed by atoms with Crippen LogP contribution >= 0.6 is 0 Å². The quantitative estimate of drug-likeness (QED) is 0.207. The molecule has 2 aromatic carbocycles. The molecule has 0 bridgehead atoms. The zero-order chi connectivity index (χ0) is 15.7. The minimum atomic E-state index is -2.25. The van der Waals surface area contributed by atoms with Crippen LogP contribution in [0.5, 0.6) is 5.75 Å². The monoisotopic (exact) mass is 364 g/mol. The van der Waals surface area contributed by atoms with Crippen LogP contribution in [0.25, 0.3) is 0 Å². The molecule has 0 unspecified atom stereocenters. The molecule has 0 spiro atoms. The third kappa shape index (κ3) is 3.97. The summed E-state index contributed by atoms with van der Waals surface area (Å²) in [7, 11) is 0. The van der Waals surface area contributed by atoms with E-state index in [9.17, 15) is 27.1 Å². The summed E-state index contributed by atoms with van der Waals surface area (Å²) in [6.07, 6.45) is 0.820. The van der Waals surface area contributed by atoms with E-state index < -0.39 is 34.8 Å². The summed E-state index contributed by atoms with van der Waals surface area (Å²) in [5, 5.41) is 9.68. The molecule has 0 amide bonds. The smallest absolute Gasteiger partial charge is 0.507 e. The molecule has 0 saturated heterocycles. The number of rotatable bonds is 2. The zero-order valence-corrected chi connectivity index (χ0v) is 13.7. The first-order valence-corrected chi connectivity index (χ1v) is 5.68. The minimum absolute atomic E-state index is 0. The number of hydrogen-bond donors (Lipinski definition) is 1. The normalized spacial score (nSPS) is 10.3. The average molecular weight is 364 g/mol. The molecule has 0 aromatic heterocycles. The Bertz CT molecular complexity index is 720. The van der Waals surface area contributed by atoms with Crippen LogP contribution in [-0.4, -0.2) is 11.3 Å². The molecule has 0 atom stereocenters. The number of aryl methyl sites for hydroxylation is 1. The second-order valence-electron chi connectivity index (χ2n) is 4.19. The van der Waals surface area contributed by atoms with E-state index in [4.69, 9.17) is 0 Å². The second-order valence-corrected chi connectivity index (χ2v) is 4.19. The molecule has 120 valence electrons. The Labute approximate surface area is 144 Å². The van der Waals surface area contributed by atoms with Gasteiger partial charge in [-0.3, -0.25) is 0 Å². The molecule has 0 aliphatic carbocycles. The van der Waals surface area contributed by atoms with Crippen molar-refractivity contribution >= 4 is 11.9 Å². The molecule has 0 aliphatic rings. The van der Waals surface area contributed by atoms with Crippen molar-refractivity contribution in [2.45, 2.75) is 6.92 Å². The standard InChI is InChI=1S/C14H8F5NO.CH3.Ti/c1-6-3-2-4-7(14(6)21)5-20-13-11(18)9(16)8(15)10(17)12(13)19;;/h2-5,21H,1H3;1H3;/q;-1;+2. The second kappa shape index (κ2) is 8.22. The van der Waals surface area contributed by atoms with Crippen LogP contribution in [0.15, 0.2) is 23.2 Å². The molecular weight excluding hydrogens is 353 g/mol. The van der Waals surface area contributed by atoms with Crippen LogP contribution in [0.2, 0.25) is 0 Å². The van der Waals surface area contributed by atoms with Crippen molar-refractivity contribution in [1.29, 1.82) is 0 Å². The molecular formula is C15H11F5NOTi+. The van der Waals surface area contributed by atoms with Gasteiger partial charge in [0.25, 0.3) is 0 Å². The number of phenolic OH excluding ortho intramolecular Hbond substituents is 1. The summed E-state index contributed by atoms with van der Waals surface area (Å²) in [6.45, 7) is 1.57. The predicted molar refractivity (Wildman–Crippen MR) is 72.7 cm³/mol. The van der Waals surface area contributed by atoms with Crippen molar-refractivity contribution in [2.75, 3.05) is 0 Å². The van der Waals surface area contributed by atoms with E-state index in [-0.39, 0.29) is 40.5 Å². The molecule has 23 heavy (non-hydrogen) atoms.